The van der Waals surface area contributed by atoms with E-state index in [1.54, 1.807) is 6.08 Å². The minimum Gasteiger partial charge on any atom is -0.481 e. The van der Waals surface area contributed by atoms with Crippen LogP contribution in [-0.2, 0) is 4.79 Å². The lowest BCUT2D eigenvalue weighted by molar-refractivity contribution is -0.137. The minimum absolute atomic E-state index is 0.198. The number of aliphatic carboxylic acids is 1. The molecule has 3 aliphatic carbocycles. The summed E-state index contributed by atoms with van der Waals surface area (Å²) in [6.45, 7) is 2.11. The molecule has 6 heteroatoms. The molecule has 3 aliphatic rings. The summed E-state index contributed by atoms with van der Waals surface area (Å²) < 4.78 is 13.9. The molecule has 5 nitrogen and oxygen atoms in total. The smallest absolute Gasteiger partial charge is 0.303 e. The number of carboxylic acid groups (broad SMARTS) is 1. The topological polar surface area (TPSA) is 81.9 Å². The highest BCUT2D eigenvalue weighted by Crippen LogP contribution is 2.35. The Balaban J connectivity index is 0.000000323. The lowest BCUT2D eigenvalue weighted by atomic mass is 9.89. The van der Waals surface area contributed by atoms with Crippen molar-refractivity contribution >= 4 is 11.7 Å². The normalized spacial score (nSPS) is 24.9. The van der Waals surface area contributed by atoms with Crippen molar-refractivity contribution in [1.82, 2.24) is 5.32 Å². The Hall–Kier alpha value is -1.43. The van der Waals surface area contributed by atoms with Gasteiger partial charge in [-0.25, -0.2) is 4.39 Å². The standard InChI is InChI=1S/C20H34FNO3.C12H23N/c1-2-3-6-9-17(21)14-12-16-13-15-19(22-25)18(16)10-7-4-5-8-11-20(23)24;1-3-7-11(8-4-1)13-12-9-5-2-6-10-12/h12,14,16-18,25H,2-11,13,15H2,1H3,(H,23,24);11-13H,1-10H2/b14-12+,22-19+;/t16-,17?,18+;/m0./s1. The summed E-state index contributed by atoms with van der Waals surface area (Å²) in [5, 5.41) is 25.1. The van der Waals surface area contributed by atoms with E-state index in [-0.39, 0.29) is 18.3 Å². The number of alkyl halides is 1. The molecule has 3 saturated carbocycles. The van der Waals surface area contributed by atoms with Gasteiger partial charge in [-0.3, -0.25) is 4.79 Å². The summed E-state index contributed by atoms with van der Waals surface area (Å²) >= 11 is 0. The van der Waals surface area contributed by atoms with Gasteiger partial charge in [0.05, 0.1) is 5.71 Å². The van der Waals surface area contributed by atoms with Crippen LogP contribution in [0.4, 0.5) is 4.39 Å². The molecule has 0 spiro atoms. The van der Waals surface area contributed by atoms with Crippen LogP contribution in [0.5, 0.6) is 0 Å². The molecular weight excluding hydrogens is 479 g/mol. The second-order valence-electron chi connectivity index (χ2n) is 12.0. The summed E-state index contributed by atoms with van der Waals surface area (Å²) in [7, 11) is 0. The van der Waals surface area contributed by atoms with Crippen molar-refractivity contribution < 1.29 is 19.5 Å². The summed E-state index contributed by atoms with van der Waals surface area (Å²) in [6, 6.07) is 1.74. The zero-order valence-electron chi connectivity index (χ0n) is 24.2. The van der Waals surface area contributed by atoms with Crippen LogP contribution in [0.1, 0.15) is 148 Å². The first-order valence-electron chi connectivity index (χ1n) is 16.0. The predicted molar refractivity (Wildman–Crippen MR) is 156 cm³/mol. The first-order chi connectivity index (χ1) is 18.5. The molecule has 0 aromatic heterocycles. The summed E-state index contributed by atoms with van der Waals surface area (Å²) in [5.41, 5.74) is 0.835. The van der Waals surface area contributed by atoms with Crippen molar-refractivity contribution in [3.63, 3.8) is 0 Å². The molecular formula is C32H57FN2O3. The fourth-order valence-corrected chi connectivity index (χ4v) is 6.50. The van der Waals surface area contributed by atoms with E-state index in [2.05, 4.69) is 17.4 Å². The van der Waals surface area contributed by atoms with Crippen LogP contribution in [0.2, 0.25) is 0 Å². The summed E-state index contributed by atoms with van der Waals surface area (Å²) in [5.74, 6) is -0.284. The third-order valence-electron chi connectivity index (χ3n) is 8.80. The van der Waals surface area contributed by atoms with Gasteiger partial charge < -0.3 is 15.6 Å². The first-order valence-corrected chi connectivity index (χ1v) is 16.0. The second kappa shape index (κ2) is 20.5. The molecule has 3 atom stereocenters. The van der Waals surface area contributed by atoms with Crippen LogP contribution < -0.4 is 5.32 Å². The van der Waals surface area contributed by atoms with Gasteiger partial charge in [-0.15, -0.1) is 0 Å². The molecule has 0 bridgehead atoms. The molecule has 0 saturated heterocycles. The monoisotopic (exact) mass is 536 g/mol. The van der Waals surface area contributed by atoms with Crippen molar-refractivity contribution in [2.75, 3.05) is 0 Å². The molecule has 0 radical (unpaired) electrons. The van der Waals surface area contributed by atoms with Crippen LogP contribution in [0.25, 0.3) is 0 Å². The van der Waals surface area contributed by atoms with Crippen molar-refractivity contribution in [1.29, 1.82) is 0 Å². The number of unbranched alkanes of at least 4 members (excludes halogenated alkanes) is 5. The van der Waals surface area contributed by atoms with Gasteiger partial charge in [-0.05, 0) is 63.7 Å². The molecule has 0 aromatic rings. The highest BCUT2D eigenvalue weighted by molar-refractivity contribution is 5.88. The zero-order valence-corrected chi connectivity index (χ0v) is 24.2. The third-order valence-corrected chi connectivity index (χ3v) is 8.80. The maximum atomic E-state index is 13.9. The fraction of sp³-hybridized carbons (Fsp3) is 0.875. The van der Waals surface area contributed by atoms with Crippen LogP contribution in [0, 0.1) is 11.8 Å². The van der Waals surface area contributed by atoms with Crippen LogP contribution >= 0.6 is 0 Å². The number of rotatable bonds is 15. The number of allylic oxidation sites excluding steroid dienone is 2. The molecule has 38 heavy (non-hydrogen) atoms. The number of hydrogen-bond donors (Lipinski definition) is 3. The highest BCUT2D eigenvalue weighted by Gasteiger charge is 2.31. The molecule has 3 rings (SSSR count). The van der Waals surface area contributed by atoms with Crippen molar-refractivity contribution in [2.24, 2.45) is 17.0 Å². The summed E-state index contributed by atoms with van der Waals surface area (Å²) in [4.78, 5) is 10.5. The van der Waals surface area contributed by atoms with E-state index in [9.17, 15) is 14.4 Å². The number of nitrogens with zero attached hydrogens (tertiary/aromatic N) is 1. The van der Waals surface area contributed by atoms with Crippen LogP contribution in [0.15, 0.2) is 17.3 Å². The van der Waals surface area contributed by atoms with E-state index in [1.807, 2.05) is 6.08 Å². The Morgan fingerprint density at radius 2 is 1.58 bits per heavy atom. The van der Waals surface area contributed by atoms with E-state index in [0.29, 0.717) is 12.8 Å². The maximum absolute atomic E-state index is 13.9. The van der Waals surface area contributed by atoms with Crippen molar-refractivity contribution in [3.8, 4) is 0 Å². The van der Waals surface area contributed by atoms with Gasteiger partial charge in [0.2, 0.25) is 0 Å². The second-order valence-corrected chi connectivity index (χ2v) is 12.0. The number of carboxylic acids is 1. The van der Waals surface area contributed by atoms with Gasteiger partial charge in [0, 0.05) is 24.4 Å². The van der Waals surface area contributed by atoms with Gasteiger partial charge in [-0.2, -0.15) is 0 Å². The van der Waals surface area contributed by atoms with Gasteiger partial charge in [0.15, 0.2) is 0 Å². The molecule has 1 unspecified atom stereocenters. The highest BCUT2D eigenvalue weighted by atomic mass is 19.1. The Kier molecular flexibility index (Phi) is 17.7. The number of carbonyl (C=O) groups is 1. The fourth-order valence-electron chi connectivity index (χ4n) is 6.50. The van der Waals surface area contributed by atoms with Gasteiger partial charge in [0.1, 0.15) is 6.17 Å². The molecule has 0 aliphatic heterocycles. The maximum Gasteiger partial charge on any atom is 0.303 e. The predicted octanol–water partition coefficient (Wildman–Crippen LogP) is 8.98. The van der Waals surface area contributed by atoms with Gasteiger partial charge in [0.25, 0.3) is 0 Å². The molecule has 0 aromatic carbocycles. The van der Waals surface area contributed by atoms with E-state index in [4.69, 9.17) is 5.11 Å². The van der Waals surface area contributed by atoms with Crippen LogP contribution in [0.3, 0.4) is 0 Å². The summed E-state index contributed by atoms with van der Waals surface area (Å²) in [6.07, 6.45) is 27.5. The number of hydrogen-bond acceptors (Lipinski definition) is 4. The minimum atomic E-state index is -0.877. The first kappa shape index (κ1) is 32.8. The van der Waals surface area contributed by atoms with Crippen LogP contribution in [-0.4, -0.2) is 40.3 Å². The Morgan fingerprint density at radius 1 is 0.947 bits per heavy atom. The third kappa shape index (κ3) is 14.1. The molecule has 0 amide bonds. The van der Waals surface area contributed by atoms with Crippen molar-refractivity contribution in [2.45, 2.75) is 166 Å². The Bertz CT molecular complexity index is 656. The Labute approximate surface area is 232 Å². The number of halogens is 1. The van der Waals surface area contributed by atoms with E-state index >= 15 is 0 Å². The van der Waals surface area contributed by atoms with E-state index < -0.39 is 12.1 Å². The quantitative estimate of drug-likeness (QED) is 0.0844. The average Bonchev–Trinajstić information content (AvgIpc) is 3.32. The van der Waals surface area contributed by atoms with Gasteiger partial charge in [-0.1, -0.05) is 101 Å². The zero-order chi connectivity index (χ0) is 27.4. The lowest BCUT2D eigenvalue weighted by Crippen LogP contribution is -2.40. The average molecular weight is 537 g/mol. The number of nitrogens with one attached hydrogen (secondary N) is 1. The Morgan fingerprint density at radius 3 is 2.16 bits per heavy atom. The molecule has 220 valence electrons. The van der Waals surface area contributed by atoms with E-state index in [0.717, 1.165) is 75.6 Å². The lowest BCUT2D eigenvalue weighted by Gasteiger charge is -2.30. The number of oxime groups is 1. The molecule has 3 N–H and O–H groups in total. The van der Waals surface area contributed by atoms with Crippen molar-refractivity contribution in [3.05, 3.63) is 12.2 Å². The van der Waals surface area contributed by atoms with E-state index in [1.165, 1.54) is 64.2 Å². The van der Waals surface area contributed by atoms with Gasteiger partial charge >= 0.3 is 5.97 Å². The molecule has 3 fully saturated rings. The SMILES string of the molecule is C1CCC(NC2CCCCC2)CC1.CCCCCC(F)/C=C/[C@H]1CC/C(=N\O)[C@@H]1CCCCCCC(=O)O. The molecule has 0 heterocycles. The largest absolute Gasteiger partial charge is 0.481 e.